The van der Waals surface area contributed by atoms with Crippen molar-refractivity contribution in [3.63, 3.8) is 0 Å². The van der Waals surface area contributed by atoms with Crippen LogP contribution < -0.4 is 5.73 Å². The maximum Gasteiger partial charge on any atom is 0.0672 e. The fourth-order valence-electron chi connectivity index (χ4n) is 1.52. The van der Waals surface area contributed by atoms with Crippen LogP contribution >= 0.6 is 46.4 Å². The molecule has 2 aromatic rings. The quantitative estimate of drug-likeness (QED) is 0.542. The molecule has 0 amide bonds. The number of rotatable bonds is 1. The van der Waals surface area contributed by atoms with Gasteiger partial charge in [-0.2, -0.15) is 0 Å². The number of nitrogen functional groups attached to an aromatic ring is 1. The Morgan fingerprint density at radius 3 is 2.24 bits per heavy atom. The van der Waals surface area contributed by atoms with E-state index in [9.17, 15) is 0 Å². The number of anilines is 1. The van der Waals surface area contributed by atoms with Crippen LogP contribution in [-0.4, -0.2) is 0 Å². The molecule has 0 aromatic heterocycles. The minimum Gasteiger partial charge on any atom is -0.397 e. The molecule has 0 fully saturated rings. The summed E-state index contributed by atoms with van der Waals surface area (Å²) < 4.78 is 0. The molecule has 1 nitrogen and oxygen atoms in total. The monoisotopic (exact) mass is 305 g/mol. The molecule has 0 radical (unpaired) electrons. The highest BCUT2D eigenvalue weighted by molar-refractivity contribution is 6.45. The zero-order valence-electron chi connectivity index (χ0n) is 8.48. The van der Waals surface area contributed by atoms with Gasteiger partial charge in [0.2, 0.25) is 0 Å². The van der Waals surface area contributed by atoms with E-state index in [-0.39, 0.29) is 0 Å². The molecule has 17 heavy (non-hydrogen) atoms. The number of nitrogens with two attached hydrogens (primary N) is 1. The molecule has 2 rings (SSSR count). The summed E-state index contributed by atoms with van der Waals surface area (Å²) in [4.78, 5) is 0. The molecule has 0 atom stereocenters. The first-order chi connectivity index (χ1) is 8.00. The first-order valence-corrected chi connectivity index (χ1v) is 6.21. The zero-order chi connectivity index (χ0) is 12.6. The maximum absolute atomic E-state index is 6.13. The third kappa shape index (κ3) is 2.48. The number of hydrogen-bond acceptors (Lipinski definition) is 1. The van der Waals surface area contributed by atoms with Crippen molar-refractivity contribution in [1.82, 2.24) is 0 Å². The topological polar surface area (TPSA) is 26.0 Å². The molecule has 0 spiro atoms. The summed E-state index contributed by atoms with van der Waals surface area (Å²) in [5.41, 5.74) is 7.75. The molecule has 0 bridgehead atoms. The van der Waals surface area contributed by atoms with Gasteiger partial charge in [-0.3, -0.25) is 0 Å². The first kappa shape index (κ1) is 12.8. The summed E-state index contributed by atoms with van der Waals surface area (Å²) >= 11 is 24.0. The van der Waals surface area contributed by atoms with E-state index < -0.39 is 0 Å². The third-order valence-electron chi connectivity index (χ3n) is 2.34. The second-order valence-electron chi connectivity index (χ2n) is 3.45. The fourth-order valence-corrected chi connectivity index (χ4v) is 2.40. The van der Waals surface area contributed by atoms with Gasteiger partial charge < -0.3 is 5.73 Å². The van der Waals surface area contributed by atoms with Gasteiger partial charge in [-0.25, -0.2) is 0 Å². The van der Waals surface area contributed by atoms with Gasteiger partial charge in [0.25, 0.3) is 0 Å². The van der Waals surface area contributed by atoms with E-state index in [4.69, 9.17) is 52.1 Å². The highest BCUT2D eigenvalue weighted by Gasteiger charge is 2.12. The number of para-hydroxylation sites is 1. The molecule has 0 saturated heterocycles. The molecule has 2 N–H and O–H groups in total. The number of halogens is 4. The number of benzene rings is 2. The van der Waals surface area contributed by atoms with Crippen LogP contribution in [0.5, 0.6) is 0 Å². The van der Waals surface area contributed by atoms with Gasteiger partial charge in [0.05, 0.1) is 20.8 Å². The van der Waals surface area contributed by atoms with Crippen LogP contribution in [0.25, 0.3) is 11.1 Å². The molecule has 0 aliphatic carbocycles. The van der Waals surface area contributed by atoms with E-state index in [0.29, 0.717) is 36.9 Å². The minimum atomic E-state index is 0.383. The van der Waals surface area contributed by atoms with Crippen molar-refractivity contribution < 1.29 is 0 Å². The standard InChI is InChI=1S/C12H7Cl4N/c13-6-4-8(11(16)10(15)5-6)7-2-1-3-9(14)12(7)17/h1-5H,17H2. The lowest BCUT2D eigenvalue weighted by atomic mass is 10.0. The molecule has 0 unspecified atom stereocenters. The molecular formula is C12H7Cl4N. The molecule has 5 heteroatoms. The Morgan fingerprint density at radius 2 is 1.53 bits per heavy atom. The average molecular weight is 307 g/mol. The summed E-state index contributed by atoms with van der Waals surface area (Å²) in [6.07, 6.45) is 0. The van der Waals surface area contributed by atoms with Crippen molar-refractivity contribution in [3.8, 4) is 11.1 Å². The van der Waals surface area contributed by atoms with Crippen molar-refractivity contribution in [1.29, 1.82) is 0 Å². The van der Waals surface area contributed by atoms with E-state index in [2.05, 4.69) is 0 Å². The SMILES string of the molecule is Nc1c(Cl)cccc1-c1cc(Cl)cc(Cl)c1Cl. The van der Waals surface area contributed by atoms with Crippen molar-refractivity contribution in [2.24, 2.45) is 0 Å². The van der Waals surface area contributed by atoms with E-state index >= 15 is 0 Å². The number of hydrogen-bond donors (Lipinski definition) is 1. The van der Waals surface area contributed by atoms with Crippen LogP contribution in [0, 0.1) is 0 Å². The second kappa shape index (κ2) is 4.95. The normalized spacial score (nSPS) is 10.6. The lowest BCUT2D eigenvalue weighted by Crippen LogP contribution is -1.92. The van der Waals surface area contributed by atoms with Crippen LogP contribution in [0.1, 0.15) is 0 Å². The zero-order valence-corrected chi connectivity index (χ0v) is 11.5. The van der Waals surface area contributed by atoms with Crippen molar-refractivity contribution in [2.45, 2.75) is 0 Å². The van der Waals surface area contributed by atoms with Crippen LogP contribution in [-0.2, 0) is 0 Å². The van der Waals surface area contributed by atoms with Gasteiger partial charge in [-0.15, -0.1) is 0 Å². The Bertz CT molecular complexity index is 581. The lowest BCUT2D eigenvalue weighted by molar-refractivity contribution is 1.60. The van der Waals surface area contributed by atoms with E-state index in [1.807, 2.05) is 6.07 Å². The predicted molar refractivity (Wildman–Crippen MR) is 76.3 cm³/mol. The van der Waals surface area contributed by atoms with Crippen LogP contribution in [0.3, 0.4) is 0 Å². The van der Waals surface area contributed by atoms with E-state index in [1.54, 1.807) is 24.3 Å². The highest BCUT2D eigenvalue weighted by atomic mass is 35.5. The van der Waals surface area contributed by atoms with Gasteiger partial charge >= 0.3 is 0 Å². The van der Waals surface area contributed by atoms with Gasteiger partial charge in [0, 0.05) is 16.1 Å². The van der Waals surface area contributed by atoms with Crippen molar-refractivity contribution in [2.75, 3.05) is 5.73 Å². The molecule has 2 aromatic carbocycles. The largest absolute Gasteiger partial charge is 0.397 e. The van der Waals surface area contributed by atoms with Crippen molar-refractivity contribution in [3.05, 3.63) is 50.4 Å². The molecule has 0 heterocycles. The van der Waals surface area contributed by atoms with Crippen LogP contribution in [0.2, 0.25) is 20.1 Å². The van der Waals surface area contributed by atoms with Gasteiger partial charge in [0.1, 0.15) is 0 Å². The predicted octanol–water partition coefficient (Wildman–Crippen LogP) is 5.55. The van der Waals surface area contributed by atoms with E-state index in [1.165, 1.54) is 0 Å². The Hall–Kier alpha value is -0.600. The Balaban J connectivity index is 2.73. The Kier molecular flexibility index (Phi) is 3.74. The van der Waals surface area contributed by atoms with Gasteiger partial charge in [-0.05, 0) is 18.2 Å². The fraction of sp³-hybridized carbons (Fsp3) is 0. The third-order valence-corrected chi connectivity index (χ3v) is 3.69. The summed E-state index contributed by atoms with van der Waals surface area (Å²) in [5, 5.41) is 1.75. The van der Waals surface area contributed by atoms with Crippen molar-refractivity contribution >= 4 is 52.1 Å². The van der Waals surface area contributed by atoms with Gasteiger partial charge in [0.15, 0.2) is 0 Å². The second-order valence-corrected chi connectivity index (χ2v) is 5.08. The molecule has 88 valence electrons. The average Bonchev–Trinajstić information content (AvgIpc) is 2.27. The smallest absolute Gasteiger partial charge is 0.0672 e. The Labute approximate surface area is 119 Å². The molecular weight excluding hydrogens is 300 g/mol. The highest BCUT2D eigenvalue weighted by Crippen LogP contribution is 2.40. The first-order valence-electron chi connectivity index (χ1n) is 4.69. The van der Waals surface area contributed by atoms with Gasteiger partial charge in [-0.1, -0.05) is 58.5 Å². The minimum absolute atomic E-state index is 0.383. The summed E-state index contributed by atoms with van der Waals surface area (Å²) in [5.74, 6) is 0. The van der Waals surface area contributed by atoms with Crippen LogP contribution in [0.15, 0.2) is 30.3 Å². The Morgan fingerprint density at radius 1 is 0.824 bits per heavy atom. The lowest BCUT2D eigenvalue weighted by Gasteiger charge is -2.10. The molecule has 0 saturated carbocycles. The maximum atomic E-state index is 6.13. The summed E-state index contributed by atoms with van der Waals surface area (Å²) in [6, 6.07) is 8.60. The molecule has 0 aliphatic heterocycles. The van der Waals surface area contributed by atoms with E-state index in [0.717, 1.165) is 0 Å². The van der Waals surface area contributed by atoms with Crippen LogP contribution in [0.4, 0.5) is 5.69 Å². The summed E-state index contributed by atoms with van der Waals surface area (Å²) in [6.45, 7) is 0. The summed E-state index contributed by atoms with van der Waals surface area (Å²) in [7, 11) is 0. The molecule has 0 aliphatic rings.